The minimum atomic E-state index is -2.47. The Bertz CT molecular complexity index is 838. The fourth-order valence-corrected chi connectivity index (χ4v) is 5.16. The normalized spacial score (nSPS) is 21.5. The molecule has 0 unspecified atom stereocenters. The SMILES string of the molecule is Cc1cnn(-c2ccncc2N2CCC(C(=O)N3CCS(O)(O)CC3)CC2)c1. The summed E-state index contributed by atoms with van der Waals surface area (Å²) in [7, 11) is -2.47. The second-order valence-corrected chi connectivity index (χ2v) is 10.0. The van der Waals surface area contributed by atoms with Gasteiger partial charge in [-0.25, -0.2) is 4.68 Å². The Morgan fingerprint density at radius 3 is 2.46 bits per heavy atom. The quantitative estimate of drug-likeness (QED) is 0.814. The molecule has 4 heterocycles. The molecule has 28 heavy (non-hydrogen) atoms. The van der Waals surface area contributed by atoms with Gasteiger partial charge in [0, 0.05) is 44.5 Å². The molecule has 0 bridgehead atoms. The molecule has 0 aliphatic carbocycles. The molecule has 9 heteroatoms. The smallest absolute Gasteiger partial charge is 0.225 e. The van der Waals surface area contributed by atoms with Gasteiger partial charge in [-0.15, -0.1) is 0 Å². The van der Waals surface area contributed by atoms with Gasteiger partial charge < -0.3 is 9.80 Å². The first-order valence-corrected chi connectivity index (χ1v) is 11.5. The highest BCUT2D eigenvalue weighted by Crippen LogP contribution is 2.40. The number of amides is 1. The molecule has 2 aromatic rings. The summed E-state index contributed by atoms with van der Waals surface area (Å²) in [4.78, 5) is 21.2. The Hall–Kier alpha value is -2.10. The lowest BCUT2D eigenvalue weighted by atomic mass is 9.95. The van der Waals surface area contributed by atoms with Crippen LogP contribution in [-0.2, 0) is 4.79 Å². The van der Waals surface area contributed by atoms with Crippen molar-refractivity contribution in [3.63, 3.8) is 0 Å². The molecular weight excluding hydrogens is 378 g/mol. The summed E-state index contributed by atoms with van der Waals surface area (Å²) in [5, 5.41) is 4.42. The Kier molecular flexibility index (Phi) is 5.31. The van der Waals surface area contributed by atoms with E-state index in [1.54, 1.807) is 11.1 Å². The van der Waals surface area contributed by atoms with Crippen molar-refractivity contribution in [1.82, 2.24) is 19.7 Å². The zero-order valence-corrected chi connectivity index (χ0v) is 16.9. The van der Waals surface area contributed by atoms with Crippen molar-refractivity contribution < 1.29 is 13.9 Å². The number of hydrogen-bond donors (Lipinski definition) is 2. The highest BCUT2D eigenvalue weighted by Gasteiger charge is 2.32. The average molecular weight is 406 g/mol. The Morgan fingerprint density at radius 1 is 1.11 bits per heavy atom. The van der Waals surface area contributed by atoms with Gasteiger partial charge in [-0.3, -0.25) is 18.9 Å². The van der Waals surface area contributed by atoms with Crippen LogP contribution in [-0.4, -0.2) is 72.4 Å². The summed E-state index contributed by atoms with van der Waals surface area (Å²) in [6.07, 6.45) is 9.05. The van der Waals surface area contributed by atoms with Crippen molar-refractivity contribution in [3.8, 4) is 5.69 Å². The minimum Gasteiger partial charge on any atom is -0.368 e. The summed E-state index contributed by atoms with van der Waals surface area (Å²) < 4.78 is 21.4. The van der Waals surface area contributed by atoms with Gasteiger partial charge in [0.2, 0.25) is 5.91 Å². The van der Waals surface area contributed by atoms with Crippen molar-refractivity contribution in [2.45, 2.75) is 19.8 Å². The molecule has 4 rings (SSSR count). The van der Waals surface area contributed by atoms with E-state index in [9.17, 15) is 13.9 Å². The number of anilines is 1. The van der Waals surface area contributed by atoms with Crippen LogP contribution < -0.4 is 4.90 Å². The van der Waals surface area contributed by atoms with Gasteiger partial charge in [-0.2, -0.15) is 15.7 Å². The molecule has 2 aliphatic heterocycles. The van der Waals surface area contributed by atoms with Crippen LogP contribution in [0.15, 0.2) is 30.9 Å². The zero-order chi connectivity index (χ0) is 19.7. The van der Waals surface area contributed by atoms with E-state index in [0.717, 1.165) is 42.9 Å². The van der Waals surface area contributed by atoms with Crippen molar-refractivity contribution in [2.75, 3.05) is 42.6 Å². The number of hydrogen-bond acceptors (Lipinski definition) is 6. The highest BCUT2D eigenvalue weighted by atomic mass is 32.3. The van der Waals surface area contributed by atoms with Gasteiger partial charge in [0.15, 0.2) is 0 Å². The van der Waals surface area contributed by atoms with Crippen molar-refractivity contribution in [1.29, 1.82) is 0 Å². The van der Waals surface area contributed by atoms with Gasteiger partial charge in [-0.1, -0.05) is 0 Å². The van der Waals surface area contributed by atoms with Gasteiger partial charge in [0.1, 0.15) is 0 Å². The Morgan fingerprint density at radius 2 is 1.82 bits per heavy atom. The predicted octanol–water partition coefficient (Wildman–Crippen LogP) is 2.38. The third-order valence-corrected chi connectivity index (χ3v) is 7.28. The van der Waals surface area contributed by atoms with Crippen LogP contribution >= 0.6 is 10.6 Å². The molecule has 0 spiro atoms. The summed E-state index contributed by atoms with van der Waals surface area (Å²) in [6, 6.07) is 1.96. The van der Waals surface area contributed by atoms with Gasteiger partial charge in [0.05, 0.1) is 35.3 Å². The molecule has 1 amide bonds. The first-order valence-electron chi connectivity index (χ1n) is 9.66. The number of aromatic nitrogens is 3. The number of rotatable bonds is 3. The molecule has 2 N–H and O–H groups in total. The third-order valence-electron chi connectivity index (χ3n) is 5.61. The molecule has 0 atom stereocenters. The van der Waals surface area contributed by atoms with E-state index in [2.05, 4.69) is 15.0 Å². The van der Waals surface area contributed by atoms with Gasteiger partial charge in [0.25, 0.3) is 0 Å². The molecule has 2 fully saturated rings. The van der Waals surface area contributed by atoms with Crippen LogP contribution in [0.25, 0.3) is 5.69 Å². The van der Waals surface area contributed by atoms with E-state index in [1.165, 1.54) is 0 Å². The molecule has 152 valence electrons. The second kappa shape index (κ2) is 7.73. The van der Waals surface area contributed by atoms with E-state index in [-0.39, 0.29) is 11.8 Å². The lowest BCUT2D eigenvalue weighted by molar-refractivity contribution is -0.135. The fraction of sp³-hybridized carbons (Fsp3) is 0.526. The lowest BCUT2D eigenvalue weighted by Crippen LogP contribution is -2.47. The highest BCUT2D eigenvalue weighted by molar-refractivity contribution is 8.24. The lowest BCUT2D eigenvalue weighted by Gasteiger charge is -2.43. The van der Waals surface area contributed by atoms with E-state index in [4.69, 9.17) is 0 Å². The number of nitrogens with zero attached hydrogens (tertiary/aromatic N) is 5. The van der Waals surface area contributed by atoms with Crippen molar-refractivity contribution in [3.05, 3.63) is 36.4 Å². The number of piperidine rings is 1. The van der Waals surface area contributed by atoms with E-state index in [0.29, 0.717) is 24.6 Å². The first kappa shape index (κ1) is 19.2. The van der Waals surface area contributed by atoms with Crippen LogP contribution in [0.2, 0.25) is 0 Å². The topological polar surface area (TPSA) is 94.7 Å². The largest absolute Gasteiger partial charge is 0.368 e. The maximum Gasteiger partial charge on any atom is 0.225 e. The molecule has 0 saturated carbocycles. The number of carbonyl (C=O) groups is 1. The first-order chi connectivity index (χ1) is 13.4. The zero-order valence-electron chi connectivity index (χ0n) is 16.1. The summed E-state index contributed by atoms with van der Waals surface area (Å²) in [5.41, 5.74) is 3.13. The molecule has 2 aromatic heterocycles. The summed E-state index contributed by atoms with van der Waals surface area (Å²) in [6.45, 7) is 4.50. The van der Waals surface area contributed by atoms with Crippen LogP contribution in [0.3, 0.4) is 0 Å². The van der Waals surface area contributed by atoms with E-state index in [1.807, 2.05) is 36.3 Å². The second-order valence-electron chi connectivity index (χ2n) is 7.62. The van der Waals surface area contributed by atoms with Crippen LogP contribution in [0.1, 0.15) is 18.4 Å². The van der Waals surface area contributed by atoms with Crippen LogP contribution in [0, 0.1) is 12.8 Å². The molecule has 8 nitrogen and oxygen atoms in total. The summed E-state index contributed by atoms with van der Waals surface area (Å²) in [5.74, 6) is 0.770. The van der Waals surface area contributed by atoms with E-state index >= 15 is 0 Å². The minimum absolute atomic E-state index is 0.00297. The molecule has 2 aliphatic rings. The summed E-state index contributed by atoms with van der Waals surface area (Å²) >= 11 is 0. The van der Waals surface area contributed by atoms with Crippen LogP contribution in [0.4, 0.5) is 5.69 Å². The Balaban J connectivity index is 1.41. The van der Waals surface area contributed by atoms with Gasteiger partial charge >= 0.3 is 0 Å². The maximum absolute atomic E-state index is 12.8. The molecule has 0 aromatic carbocycles. The number of aryl methyl sites for hydroxylation is 1. The van der Waals surface area contributed by atoms with E-state index < -0.39 is 10.6 Å². The van der Waals surface area contributed by atoms with Crippen LogP contribution in [0.5, 0.6) is 0 Å². The standard InChI is InChI=1S/C19H27N5O3S/c1-15-12-21-24(14-15)17-2-5-20-13-18(17)22-6-3-16(4-7-22)19(25)23-8-10-28(26,27)11-9-23/h2,5,12-14,16,26-27H,3-4,6-11H2,1H3. The van der Waals surface area contributed by atoms with Crippen molar-refractivity contribution in [2.24, 2.45) is 5.92 Å². The number of carbonyl (C=O) groups excluding carboxylic acids is 1. The monoisotopic (exact) mass is 405 g/mol. The fourth-order valence-electron chi connectivity index (χ4n) is 3.93. The molecule has 0 radical (unpaired) electrons. The Labute approximate surface area is 166 Å². The van der Waals surface area contributed by atoms with Gasteiger partial charge in [-0.05, 0) is 31.4 Å². The predicted molar refractivity (Wildman–Crippen MR) is 110 cm³/mol. The molecular formula is C19H27N5O3S. The van der Waals surface area contributed by atoms with Crippen molar-refractivity contribution >= 4 is 22.2 Å². The number of pyridine rings is 1. The average Bonchev–Trinajstić information content (AvgIpc) is 3.14. The molecule has 2 saturated heterocycles. The maximum atomic E-state index is 12.8. The third kappa shape index (κ3) is 4.01.